The molecule has 1 heterocycles. The number of hydrogen-bond acceptors (Lipinski definition) is 4. The SMILES string of the molecule is CCOc1ccccc1OCCN1CCC(C(C)O)CC1. The minimum atomic E-state index is -0.179. The third kappa shape index (κ3) is 4.90. The van der Waals surface area contributed by atoms with Crippen molar-refractivity contribution >= 4 is 0 Å². The van der Waals surface area contributed by atoms with E-state index < -0.39 is 0 Å². The number of aliphatic hydroxyl groups excluding tert-OH is 1. The van der Waals surface area contributed by atoms with Gasteiger partial charge in [-0.1, -0.05) is 12.1 Å². The Morgan fingerprint density at radius 2 is 1.81 bits per heavy atom. The highest BCUT2D eigenvalue weighted by atomic mass is 16.5. The molecule has 0 radical (unpaired) electrons. The average molecular weight is 293 g/mol. The van der Waals surface area contributed by atoms with Crippen molar-refractivity contribution in [3.8, 4) is 11.5 Å². The third-order valence-corrected chi connectivity index (χ3v) is 4.13. The number of ether oxygens (including phenoxy) is 2. The molecule has 0 aromatic heterocycles. The molecule has 1 atom stereocenters. The van der Waals surface area contributed by atoms with E-state index in [4.69, 9.17) is 9.47 Å². The highest BCUT2D eigenvalue weighted by molar-refractivity contribution is 5.39. The van der Waals surface area contributed by atoms with Crippen LogP contribution in [-0.4, -0.2) is 49.0 Å². The van der Waals surface area contributed by atoms with Gasteiger partial charge in [-0.2, -0.15) is 0 Å². The topological polar surface area (TPSA) is 41.9 Å². The second kappa shape index (κ2) is 8.25. The molecular weight excluding hydrogens is 266 g/mol. The summed E-state index contributed by atoms with van der Waals surface area (Å²) < 4.78 is 11.4. The van der Waals surface area contributed by atoms with Crippen LogP contribution in [0.25, 0.3) is 0 Å². The Labute approximate surface area is 127 Å². The summed E-state index contributed by atoms with van der Waals surface area (Å²) in [6, 6.07) is 7.81. The summed E-state index contributed by atoms with van der Waals surface area (Å²) in [5.41, 5.74) is 0. The molecular formula is C17H27NO3. The van der Waals surface area contributed by atoms with Crippen molar-refractivity contribution in [2.45, 2.75) is 32.8 Å². The van der Waals surface area contributed by atoms with Crippen LogP contribution in [0, 0.1) is 5.92 Å². The van der Waals surface area contributed by atoms with E-state index in [-0.39, 0.29) is 6.10 Å². The molecule has 1 fully saturated rings. The van der Waals surface area contributed by atoms with Crippen LogP contribution in [-0.2, 0) is 0 Å². The van der Waals surface area contributed by atoms with E-state index in [9.17, 15) is 5.11 Å². The molecule has 0 spiro atoms. The Morgan fingerprint density at radius 1 is 1.19 bits per heavy atom. The second-order valence-electron chi connectivity index (χ2n) is 5.65. The zero-order valence-electron chi connectivity index (χ0n) is 13.1. The molecule has 118 valence electrons. The molecule has 1 unspecified atom stereocenters. The van der Waals surface area contributed by atoms with Gasteiger partial charge in [0.25, 0.3) is 0 Å². The number of hydrogen-bond donors (Lipinski definition) is 1. The lowest BCUT2D eigenvalue weighted by Crippen LogP contribution is -2.39. The van der Waals surface area contributed by atoms with Gasteiger partial charge in [-0.25, -0.2) is 0 Å². The van der Waals surface area contributed by atoms with E-state index in [1.54, 1.807) is 0 Å². The van der Waals surface area contributed by atoms with Crippen molar-refractivity contribution in [1.82, 2.24) is 4.90 Å². The number of likely N-dealkylation sites (tertiary alicyclic amines) is 1. The van der Waals surface area contributed by atoms with Gasteiger partial charge in [0.2, 0.25) is 0 Å². The molecule has 4 nitrogen and oxygen atoms in total. The molecule has 0 aliphatic carbocycles. The number of benzene rings is 1. The highest BCUT2D eigenvalue weighted by Gasteiger charge is 2.22. The molecule has 1 aromatic carbocycles. The Bertz CT molecular complexity index is 414. The van der Waals surface area contributed by atoms with Gasteiger partial charge in [0.05, 0.1) is 12.7 Å². The number of nitrogens with zero attached hydrogens (tertiary/aromatic N) is 1. The van der Waals surface area contributed by atoms with E-state index in [1.165, 1.54) is 0 Å². The number of aliphatic hydroxyl groups is 1. The Balaban J connectivity index is 1.73. The molecule has 21 heavy (non-hydrogen) atoms. The Hall–Kier alpha value is -1.26. The fourth-order valence-corrected chi connectivity index (χ4v) is 2.79. The van der Waals surface area contributed by atoms with Crippen LogP contribution < -0.4 is 9.47 Å². The zero-order chi connectivity index (χ0) is 15.1. The summed E-state index contributed by atoms with van der Waals surface area (Å²) in [7, 11) is 0. The van der Waals surface area contributed by atoms with Crippen molar-refractivity contribution in [3.63, 3.8) is 0 Å². The van der Waals surface area contributed by atoms with Crippen molar-refractivity contribution in [2.24, 2.45) is 5.92 Å². The first-order chi connectivity index (χ1) is 10.2. The summed E-state index contributed by atoms with van der Waals surface area (Å²) in [5.74, 6) is 2.09. The van der Waals surface area contributed by atoms with Crippen LogP contribution in [0.2, 0.25) is 0 Å². The predicted molar refractivity (Wildman–Crippen MR) is 84.0 cm³/mol. The smallest absolute Gasteiger partial charge is 0.161 e. The lowest BCUT2D eigenvalue weighted by Gasteiger charge is -2.33. The van der Waals surface area contributed by atoms with Crippen LogP contribution in [0.4, 0.5) is 0 Å². The van der Waals surface area contributed by atoms with E-state index in [0.717, 1.165) is 44.0 Å². The minimum absolute atomic E-state index is 0.179. The van der Waals surface area contributed by atoms with Crippen molar-refractivity contribution in [1.29, 1.82) is 0 Å². The first-order valence-corrected chi connectivity index (χ1v) is 7.95. The van der Waals surface area contributed by atoms with Gasteiger partial charge in [0.1, 0.15) is 6.61 Å². The van der Waals surface area contributed by atoms with Crippen LogP contribution >= 0.6 is 0 Å². The zero-order valence-corrected chi connectivity index (χ0v) is 13.1. The van der Waals surface area contributed by atoms with Crippen LogP contribution in [0.5, 0.6) is 11.5 Å². The maximum Gasteiger partial charge on any atom is 0.161 e. The average Bonchev–Trinajstić information content (AvgIpc) is 2.50. The van der Waals surface area contributed by atoms with Crippen molar-refractivity contribution in [2.75, 3.05) is 32.8 Å². The molecule has 1 N–H and O–H groups in total. The summed E-state index contributed by atoms with van der Waals surface area (Å²) >= 11 is 0. The fraction of sp³-hybridized carbons (Fsp3) is 0.647. The monoisotopic (exact) mass is 293 g/mol. The molecule has 0 bridgehead atoms. The van der Waals surface area contributed by atoms with E-state index in [1.807, 2.05) is 38.1 Å². The maximum absolute atomic E-state index is 9.61. The lowest BCUT2D eigenvalue weighted by molar-refractivity contribution is 0.0670. The normalized spacial score (nSPS) is 18.4. The molecule has 2 rings (SSSR count). The number of piperidine rings is 1. The van der Waals surface area contributed by atoms with Gasteiger partial charge < -0.3 is 14.6 Å². The molecule has 0 saturated carbocycles. The summed E-state index contributed by atoms with van der Waals surface area (Å²) in [6.07, 6.45) is 1.97. The second-order valence-corrected chi connectivity index (χ2v) is 5.65. The molecule has 1 aliphatic heterocycles. The third-order valence-electron chi connectivity index (χ3n) is 4.13. The fourth-order valence-electron chi connectivity index (χ4n) is 2.79. The van der Waals surface area contributed by atoms with Crippen molar-refractivity contribution in [3.05, 3.63) is 24.3 Å². The molecule has 1 aliphatic rings. The summed E-state index contributed by atoms with van der Waals surface area (Å²) in [6.45, 7) is 8.21. The van der Waals surface area contributed by atoms with Gasteiger partial charge in [0, 0.05) is 6.54 Å². The van der Waals surface area contributed by atoms with Gasteiger partial charge in [0.15, 0.2) is 11.5 Å². The van der Waals surface area contributed by atoms with Gasteiger partial charge in [-0.15, -0.1) is 0 Å². The number of rotatable bonds is 7. The summed E-state index contributed by atoms with van der Waals surface area (Å²) in [5, 5.41) is 9.61. The highest BCUT2D eigenvalue weighted by Crippen LogP contribution is 2.26. The largest absolute Gasteiger partial charge is 0.490 e. The first-order valence-electron chi connectivity index (χ1n) is 7.95. The van der Waals surface area contributed by atoms with E-state index in [2.05, 4.69) is 4.90 Å². The van der Waals surface area contributed by atoms with Crippen LogP contribution in [0.3, 0.4) is 0 Å². The molecule has 4 heteroatoms. The van der Waals surface area contributed by atoms with Crippen LogP contribution in [0.1, 0.15) is 26.7 Å². The van der Waals surface area contributed by atoms with E-state index in [0.29, 0.717) is 19.1 Å². The molecule has 1 aromatic rings. The van der Waals surface area contributed by atoms with Crippen molar-refractivity contribution < 1.29 is 14.6 Å². The van der Waals surface area contributed by atoms with Gasteiger partial charge in [-0.05, 0) is 57.8 Å². The lowest BCUT2D eigenvalue weighted by atomic mass is 9.92. The first kappa shape index (κ1) is 16.1. The van der Waals surface area contributed by atoms with E-state index >= 15 is 0 Å². The quantitative estimate of drug-likeness (QED) is 0.839. The predicted octanol–water partition coefficient (Wildman–Crippen LogP) is 2.56. The van der Waals surface area contributed by atoms with Crippen LogP contribution in [0.15, 0.2) is 24.3 Å². The maximum atomic E-state index is 9.61. The van der Waals surface area contributed by atoms with Gasteiger partial charge >= 0.3 is 0 Å². The standard InChI is InChI=1S/C17H27NO3/c1-3-20-16-6-4-5-7-17(16)21-13-12-18-10-8-15(9-11-18)14(2)19/h4-7,14-15,19H,3,8-13H2,1-2H3. The molecule has 0 amide bonds. The number of para-hydroxylation sites is 2. The Kier molecular flexibility index (Phi) is 6.33. The molecule has 1 saturated heterocycles. The Morgan fingerprint density at radius 3 is 2.38 bits per heavy atom. The van der Waals surface area contributed by atoms with Gasteiger partial charge in [-0.3, -0.25) is 4.90 Å². The minimum Gasteiger partial charge on any atom is -0.490 e. The summed E-state index contributed by atoms with van der Waals surface area (Å²) in [4.78, 5) is 2.40.